The van der Waals surface area contributed by atoms with Gasteiger partial charge in [-0.05, 0) is 25.2 Å². The Morgan fingerprint density at radius 3 is 2.82 bits per heavy atom. The Kier molecular flexibility index (Phi) is 3.89. The molecule has 2 aromatic rings. The minimum Gasteiger partial charge on any atom is -0.347 e. The summed E-state index contributed by atoms with van der Waals surface area (Å²) in [6.45, 7) is 1.66. The number of likely N-dealkylation sites (N-methyl/N-ethyl adjacent to an activating group) is 1. The summed E-state index contributed by atoms with van der Waals surface area (Å²) in [5.41, 5.74) is 0.154. The van der Waals surface area contributed by atoms with Gasteiger partial charge < -0.3 is 9.88 Å². The van der Waals surface area contributed by atoms with Crippen molar-refractivity contribution in [1.82, 2.24) is 19.8 Å². The SMILES string of the molecule is CN1CCN(C(=O)c2ccc(F)c(F)c2)C[C@H]1c1ncc[nH]1. The van der Waals surface area contributed by atoms with Crippen LogP contribution in [0.5, 0.6) is 0 Å². The number of hydrogen-bond acceptors (Lipinski definition) is 3. The summed E-state index contributed by atoms with van der Waals surface area (Å²) in [6, 6.07) is 3.18. The van der Waals surface area contributed by atoms with Crippen LogP contribution in [0.3, 0.4) is 0 Å². The minimum atomic E-state index is -1.01. The van der Waals surface area contributed by atoms with Crippen LogP contribution in [0, 0.1) is 11.6 Å². The van der Waals surface area contributed by atoms with Crippen LogP contribution in [0.2, 0.25) is 0 Å². The summed E-state index contributed by atoms with van der Waals surface area (Å²) in [6.07, 6.45) is 3.40. The first-order valence-corrected chi connectivity index (χ1v) is 7.00. The lowest BCUT2D eigenvalue weighted by molar-refractivity contribution is 0.0534. The summed E-state index contributed by atoms with van der Waals surface area (Å²) >= 11 is 0. The summed E-state index contributed by atoms with van der Waals surface area (Å²) in [5, 5.41) is 0. The third kappa shape index (κ3) is 2.71. The fraction of sp³-hybridized carbons (Fsp3) is 0.333. The van der Waals surface area contributed by atoms with Gasteiger partial charge in [-0.1, -0.05) is 0 Å². The number of aromatic nitrogens is 2. The smallest absolute Gasteiger partial charge is 0.254 e. The third-order valence-corrected chi connectivity index (χ3v) is 3.94. The highest BCUT2D eigenvalue weighted by molar-refractivity contribution is 5.94. The van der Waals surface area contributed by atoms with Crippen molar-refractivity contribution < 1.29 is 13.6 Å². The summed E-state index contributed by atoms with van der Waals surface area (Å²) < 4.78 is 26.3. The number of carbonyl (C=O) groups excluding carboxylic acids is 1. The second kappa shape index (κ2) is 5.84. The van der Waals surface area contributed by atoms with E-state index in [4.69, 9.17) is 0 Å². The maximum atomic E-state index is 13.3. The Balaban J connectivity index is 1.79. The predicted octanol–water partition coefficient (Wildman–Crippen LogP) is 1.82. The highest BCUT2D eigenvalue weighted by Crippen LogP contribution is 2.22. The molecule has 0 unspecified atom stereocenters. The lowest BCUT2D eigenvalue weighted by atomic mass is 10.1. The van der Waals surface area contributed by atoms with Crippen LogP contribution in [-0.4, -0.2) is 52.4 Å². The van der Waals surface area contributed by atoms with Gasteiger partial charge >= 0.3 is 0 Å². The van der Waals surface area contributed by atoms with Crippen LogP contribution >= 0.6 is 0 Å². The van der Waals surface area contributed by atoms with E-state index in [2.05, 4.69) is 14.9 Å². The van der Waals surface area contributed by atoms with Crippen LogP contribution in [0.4, 0.5) is 8.78 Å². The molecule has 0 spiro atoms. The number of nitrogens with zero attached hydrogens (tertiary/aromatic N) is 3. The van der Waals surface area contributed by atoms with Gasteiger partial charge in [0.15, 0.2) is 11.6 Å². The van der Waals surface area contributed by atoms with Gasteiger partial charge in [-0.3, -0.25) is 9.69 Å². The Bertz CT molecular complexity index is 674. The van der Waals surface area contributed by atoms with E-state index in [1.54, 1.807) is 17.3 Å². The van der Waals surface area contributed by atoms with Gasteiger partial charge in [0.1, 0.15) is 5.82 Å². The van der Waals surface area contributed by atoms with Crippen molar-refractivity contribution in [1.29, 1.82) is 0 Å². The maximum absolute atomic E-state index is 13.3. The van der Waals surface area contributed by atoms with Crippen molar-refractivity contribution in [3.05, 3.63) is 53.6 Å². The quantitative estimate of drug-likeness (QED) is 0.921. The van der Waals surface area contributed by atoms with Crippen LogP contribution in [0.25, 0.3) is 0 Å². The third-order valence-electron chi connectivity index (χ3n) is 3.94. The van der Waals surface area contributed by atoms with Crippen molar-refractivity contribution in [2.75, 3.05) is 26.7 Å². The standard InChI is InChI=1S/C15H16F2N4O/c1-20-6-7-21(9-13(20)14-18-4-5-19-14)15(22)10-2-3-11(16)12(17)8-10/h2-5,8,13H,6-7,9H2,1H3,(H,18,19)/t13-/m0/s1. The molecule has 1 aliphatic rings. The monoisotopic (exact) mass is 306 g/mol. The zero-order chi connectivity index (χ0) is 15.7. The number of aromatic amines is 1. The first-order valence-electron chi connectivity index (χ1n) is 7.00. The summed E-state index contributed by atoms with van der Waals surface area (Å²) in [7, 11) is 1.96. The topological polar surface area (TPSA) is 52.2 Å². The molecule has 7 heteroatoms. The number of nitrogens with one attached hydrogen (secondary N) is 1. The van der Waals surface area contributed by atoms with Gasteiger partial charge in [0.05, 0.1) is 6.04 Å². The maximum Gasteiger partial charge on any atom is 0.254 e. The molecule has 5 nitrogen and oxygen atoms in total. The normalized spacial score (nSPS) is 19.4. The van der Waals surface area contributed by atoms with E-state index in [1.807, 2.05) is 7.05 Å². The second-order valence-electron chi connectivity index (χ2n) is 5.35. The number of piperazine rings is 1. The highest BCUT2D eigenvalue weighted by atomic mass is 19.2. The summed E-state index contributed by atoms with van der Waals surface area (Å²) in [5.74, 6) is -1.49. The molecule has 1 atom stereocenters. The lowest BCUT2D eigenvalue weighted by Gasteiger charge is -2.38. The molecule has 3 rings (SSSR count). The number of H-pyrrole nitrogens is 1. The van der Waals surface area contributed by atoms with E-state index in [9.17, 15) is 13.6 Å². The Morgan fingerprint density at radius 2 is 2.14 bits per heavy atom. The van der Waals surface area contributed by atoms with Crippen molar-refractivity contribution in [3.63, 3.8) is 0 Å². The molecule has 1 N–H and O–H groups in total. The minimum absolute atomic E-state index is 0.0435. The second-order valence-corrected chi connectivity index (χ2v) is 5.35. The number of imidazole rings is 1. The molecule has 22 heavy (non-hydrogen) atoms. The van der Waals surface area contributed by atoms with Crippen LogP contribution in [0.15, 0.2) is 30.6 Å². The Hall–Kier alpha value is -2.28. The molecular formula is C15H16F2N4O. The van der Waals surface area contributed by atoms with E-state index in [-0.39, 0.29) is 17.5 Å². The summed E-state index contributed by atoms with van der Waals surface area (Å²) in [4.78, 5) is 23.5. The highest BCUT2D eigenvalue weighted by Gasteiger charge is 2.30. The van der Waals surface area contributed by atoms with Gasteiger partial charge in [-0.15, -0.1) is 0 Å². The number of hydrogen-bond donors (Lipinski definition) is 1. The Morgan fingerprint density at radius 1 is 1.32 bits per heavy atom. The first kappa shape index (κ1) is 14.6. The number of rotatable bonds is 2. The number of amides is 1. The molecular weight excluding hydrogens is 290 g/mol. The Labute approximate surface area is 126 Å². The van der Waals surface area contributed by atoms with Gasteiger partial charge in [0, 0.05) is 37.6 Å². The largest absolute Gasteiger partial charge is 0.347 e. The van der Waals surface area contributed by atoms with E-state index >= 15 is 0 Å². The lowest BCUT2D eigenvalue weighted by Crippen LogP contribution is -2.49. The van der Waals surface area contributed by atoms with Gasteiger partial charge in [0.25, 0.3) is 5.91 Å². The van der Waals surface area contributed by atoms with E-state index < -0.39 is 11.6 Å². The molecule has 0 radical (unpaired) electrons. The average Bonchev–Trinajstić information content (AvgIpc) is 3.04. The van der Waals surface area contributed by atoms with Crippen molar-refractivity contribution in [2.45, 2.75) is 6.04 Å². The molecule has 1 aliphatic heterocycles. The fourth-order valence-corrected chi connectivity index (χ4v) is 2.62. The first-order chi connectivity index (χ1) is 10.6. The molecule has 1 fully saturated rings. The molecule has 0 saturated carbocycles. The van der Waals surface area contributed by atoms with E-state index in [0.29, 0.717) is 19.6 Å². The van der Waals surface area contributed by atoms with Crippen molar-refractivity contribution >= 4 is 5.91 Å². The fourth-order valence-electron chi connectivity index (χ4n) is 2.62. The molecule has 1 aromatic heterocycles. The molecule has 0 bridgehead atoms. The molecule has 1 amide bonds. The van der Waals surface area contributed by atoms with E-state index in [0.717, 1.165) is 18.0 Å². The average molecular weight is 306 g/mol. The van der Waals surface area contributed by atoms with Gasteiger partial charge in [0.2, 0.25) is 0 Å². The molecule has 1 saturated heterocycles. The predicted molar refractivity (Wildman–Crippen MR) is 76.2 cm³/mol. The molecule has 2 heterocycles. The molecule has 116 valence electrons. The number of halogens is 2. The van der Waals surface area contributed by atoms with Crippen molar-refractivity contribution in [2.24, 2.45) is 0 Å². The van der Waals surface area contributed by atoms with Crippen molar-refractivity contribution in [3.8, 4) is 0 Å². The van der Waals surface area contributed by atoms with Crippen LogP contribution in [-0.2, 0) is 0 Å². The zero-order valence-electron chi connectivity index (χ0n) is 12.1. The van der Waals surface area contributed by atoms with E-state index in [1.165, 1.54) is 6.07 Å². The molecule has 0 aliphatic carbocycles. The molecule has 1 aromatic carbocycles. The van der Waals surface area contributed by atoms with Gasteiger partial charge in [-0.2, -0.15) is 0 Å². The van der Waals surface area contributed by atoms with Crippen LogP contribution < -0.4 is 0 Å². The number of benzene rings is 1. The number of carbonyl (C=O) groups is 1. The van der Waals surface area contributed by atoms with Gasteiger partial charge in [-0.25, -0.2) is 13.8 Å². The zero-order valence-corrected chi connectivity index (χ0v) is 12.1. The van der Waals surface area contributed by atoms with Crippen LogP contribution in [0.1, 0.15) is 22.2 Å².